The van der Waals surface area contributed by atoms with E-state index in [0.717, 1.165) is 4.57 Å². The molecule has 0 saturated heterocycles. The predicted molar refractivity (Wildman–Crippen MR) is 85.4 cm³/mol. The van der Waals surface area contributed by atoms with Crippen molar-refractivity contribution in [3.63, 3.8) is 0 Å². The van der Waals surface area contributed by atoms with Gasteiger partial charge < -0.3 is 0 Å². The van der Waals surface area contributed by atoms with Crippen LogP contribution in [-0.2, 0) is 10.8 Å². The Bertz CT molecular complexity index is 783. The number of aromatic amines is 1. The molecule has 1 N–H and O–H groups in total. The van der Waals surface area contributed by atoms with Gasteiger partial charge in [-0.2, -0.15) is 0 Å². The molecule has 5 nitrogen and oxygen atoms in total. The molecule has 112 valence electrons. The van der Waals surface area contributed by atoms with Crippen LogP contribution >= 0.6 is 11.6 Å². The molecule has 7 heteroatoms. The van der Waals surface area contributed by atoms with E-state index in [2.05, 4.69) is 4.98 Å². The lowest BCUT2D eigenvalue weighted by atomic mass is 10.1. The average Bonchev–Trinajstić information content (AvgIpc) is 2.38. The van der Waals surface area contributed by atoms with Gasteiger partial charge in [0, 0.05) is 22.8 Å². The van der Waals surface area contributed by atoms with Gasteiger partial charge in [0.1, 0.15) is 5.15 Å². The lowest BCUT2D eigenvalue weighted by Gasteiger charge is -2.14. The summed E-state index contributed by atoms with van der Waals surface area (Å²) in [5.41, 5.74) is -0.205. The van der Waals surface area contributed by atoms with Crippen molar-refractivity contribution in [2.24, 2.45) is 0 Å². The smallest absolute Gasteiger partial charge is 0.297 e. The van der Waals surface area contributed by atoms with Crippen LogP contribution in [0.5, 0.6) is 0 Å². The number of hydrogen-bond donors (Lipinski definition) is 1. The molecule has 2 unspecified atom stereocenters. The van der Waals surface area contributed by atoms with Crippen LogP contribution in [0.25, 0.3) is 11.1 Å². The topological polar surface area (TPSA) is 71.9 Å². The maximum atomic E-state index is 12.6. The van der Waals surface area contributed by atoms with Crippen molar-refractivity contribution in [3.8, 4) is 11.1 Å². The number of halogens is 1. The van der Waals surface area contributed by atoms with Crippen LogP contribution < -0.4 is 11.2 Å². The molecule has 0 aliphatic rings. The van der Waals surface area contributed by atoms with Crippen molar-refractivity contribution in [3.05, 3.63) is 56.3 Å². The highest BCUT2D eigenvalue weighted by Crippen LogP contribution is 2.21. The van der Waals surface area contributed by atoms with Crippen LogP contribution in [0.3, 0.4) is 0 Å². The largest absolute Gasteiger partial charge is 0.329 e. The van der Waals surface area contributed by atoms with Crippen molar-refractivity contribution in [1.29, 1.82) is 0 Å². The third kappa shape index (κ3) is 3.33. The van der Waals surface area contributed by atoms with Crippen LogP contribution in [0.15, 0.2) is 39.9 Å². The van der Waals surface area contributed by atoms with Gasteiger partial charge in [-0.05, 0) is 12.5 Å². The first-order valence-electron chi connectivity index (χ1n) is 6.31. The van der Waals surface area contributed by atoms with E-state index in [1.54, 1.807) is 31.2 Å². The number of nitrogens with one attached hydrogen (secondary N) is 1. The summed E-state index contributed by atoms with van der Waals surface area (Å²) >= 11 is 6.02. The first kappa shape index (κ1) is 15.7. The van der Waals surface area contributed by atoms with E-state index in [9.17, 15) is 13.8 Å². The minimum atomic E-state index is -1.11. The second-order valence-corrected chi connectivity index (χ2v) is 6.61. The van der Waals surface area contributed by atoms with Crippen molar-refractivity contribution in [2.75, 3.05) is 12.0 Å². The van der Waals surface area contributed by atoms with Crippen molar-refractivity contribution in [1.82, 2.24) is 9.55 Å². The fourth-order valence-electron chi connectivity index (χ4n) is 2.19. The van der Waals surface area contributed by atoms with Gasteiger partial charge in [-0.15, -0.1) is 0 Å². The summed E-state index contributed by atoms with van der Waals surface area (Å²) in [4.78, 5) is 27.1. The normalized spacial score (nSPS) is 13.9. The molecule has 1 aromatic carbocycles. The molecule has 2 rings (SSSR count). The molecular weight excluding hydrogens is 312 g/mol. The summed E-state index contributed by atoms with van der Waals surface area (Å²) in [6, 6.07) is 8.40. The third-order valence-electron chi connectivity index (χ3n) is 3.07. The molecule has 0 spiro atoms. The fourth-order valence-corrected chi connectivity index (χ4v) is 3.29. The predicted octanol–water partition coefficient (Wildman–Crippen LogP) is 1.80. The zero-order valence-corrected chi connectivity index (χ0v) is 13.2. The molecule has 0 amide bonds. The summed E-state index contributed by atoms with van der Waals surface area (Å²) in [6.45, 7) is 1.68. The van der Waals surface area contributed by atoms with Crippen LogP contribution in [0, 0.1) is 0 Å². The number of H-pyrrole nitrogens is 1. The minimum absolute atomic E-state index is 0.0114. The zero-order valence-electron chi connectivity index (χ0n) is 11.6. The number of nitrogens with zero attached hydrogens (tertiary/aromatic N) is 1. The van der Waals surface area contributed by atoms with Crippen molar-refractivity contribution < 1.29 is 4.21 Å². The van der Waals surface area contributed by atoms with Gasteiger partial charge in [0.15, 0.2) is 0 Å². The van der Waals surface area contributed by atoms with E-state index < -0.39 is 28.1 Å². The molecule has 0 bridgehead atoms. The Labute approximate surface area is 129 Å². The Morgan fingerprint density at radius 2 is 1.90 bits per heavy atom. The van der Waals surface area contributed by atoms with Crippen LogP contribution in [-0.4, -0.2) is 25.8 Å². The molecule has 1 aromatic heterocycles. The first-order chi connectivity index (χ1) is 9.91. The summed E-state index contributed by atoms with van der Waals surface area (Å²) in [5.74, 6) is 0.221. The quantitative estimate of drug-likeness (QED) is 0.871. The van der Waals surface area contributed by atoms with Gasteiger partial charge in [0.2, 0.25) is 0 Å². The van der Waals surface area contributed by atoms with Gasteiger partial charge in [0.25, 0.3) is 5.56 Å². The highest BCUT2D eigenvalue weighted by Gasteiger charge is 2.18. The molecule has 2 atom stereocenters. The number of aromatic nitrogens is 2. The molecule has 0 radical (unpaired) electrons. The Kier molecular flexibility index (Phi) is 4.80. The number of rotatable bonds is 4. The summed E-state index contributed by atoms with van der Waals surface area (Å²) in [5, 5.41) is 0.0114. The molecule has 1 heterocycles. The first-order valence-corrected chi connectivity index (χ1v) is 8.42. The highest BCUT2D eigenvalue weighted by molar-refractivity contribution is 7.84. The van der Waals surface area contributed by atoms with Gasteiger partial charge in [0.05, 0.1) is 11.6 Å². The molecule has 0 saturated carbocycles. The molecule has 0 aliphatic heterocycles. The SMILES string of the molecule is CC(CS(C)=O)n1c(=O)[nH]c(Cl)c(-c2ccccc2)c1=O. The lowest BCUT2D eigenvalue weighted by molar-refractivity contribution is 0.548. The van der Waals surface area contributed by atoms with Crippen LogP contribution in [0.2, 0.25) is 5.15 Å². The van der Waals surface area contributed by atoms with E-state index in [4.69, 9.17) is 11.6 Å². The molecule has 0 fully saturated rings. The second kappa shape index (κ2) is 6.41. The van der Waals surface area contributed by atoms with Crippen molar-refractivity contribution in [2.45, 2.75) is 13.0 Å². The Morgan fingerprint density at radius 3 is 2.48 bits per heavy atom. The summed E-state index contributed by atoms with van der Waals surface area (Å²) in [7, 11) is -1.11. The van der Waals surface area contributed by atoms with Crippen LogP contribution in [0.4, 0.5) is 0 Å². The Balaban J connectivity index is 2.67. The standard InChI is InChI=1S/C14H15ClN2O3S/c1-9(8-21(2)20)17-13(18)11(12(15)16-14(17)19)10-6-4-3-5-7-10/h3-7,9H,8H2,1-2H3,(H,16,19). The van der Waals surface area contributed by atoms with E-state index >= 15 is 0 Å². The lowest BCUT2D eigenvalue weighted by Crippen LogP contribution is -2.39. The molecule has 2 aromatic rings. The summed E-state index contributed by atoms with van der Waals surface area (Å²) in [6.07, 6.45) is 1.53. The molecule has 21 heavy (non-hydrogen) atoms. The maximum absolute atomic E-state index is 12.6. The van der Waals surface area contributed by atoms with E-state index in [-0.39, 0.29) is 16.5 Å². The van der Waals surface area contributed by atoms with E-state index in [1.807, 2.05) is 6.07 Å². The van der Waals surface area contributed by atoms with Gasteiger partial charge in [-0.3, -0.25) is 18.6 Å². The number of benzene rings is 1. The van der Waals surface area contributed by atoms with E-state index in [0.29, 0.717) is 5.56 Å². The van der Waals surface area contributed by atoms with Gasteiger partial charge >= 0.3 is 5.69 Å². The molecular formula is C14H15ClN2O3S. The average molecular weight is 327 g/mol. The monoisotopic (exact) mass is 326 g/mol. The zero-order chi connectivity index (χ0) is 15.6. The third-order valence-corrected chi connectivity index (χ3v) is 4.30. The summed E-state index contributed by atoms with van der Waals surface area (Å²) < 4.78 is 12.4. The van der Waals surface area contributed by atoms with Gasteiger partial charge in [-0.1, -0.05) is 41.9 Å². The van der Waals surface area contributed by atoms with Crippen LogP contribution in [0.1, 0.15) is 13.0 Å². The Morgan fingerprint density at radius 1 is 1.29 bits per heavy atom. The fraction of sp³-hybridized carbons (Fsp3) is 0.286. The highest BCUT2D eigenvalue weighted by atomic mass is 35.5. The Hall–Kier alpha value is -1.66. The van der Waals surface area contributed by atoms with E-state index in [1.165, 1.54) is 6.26 Å². The van der Waals surface area contributed by atoms with Crippen molar-refractivity contribution >= 4 is 22.4 Å². The maximum Gasteiger partial charge on any atom is 0.329 e. The van der Waals surface area contributed by atoms with Gasteiger partial charge in [-0.25, -0.2) is 4.79 Å². The minimum Gasteiger partial charge on any atom is -0.297 e. The number of hydrogen-bond acceptors (Lipinski definition) is 3. The molecule has 0 aliphatic carbocycles. The second-order valence-electron chi connectivity index (χ2n) is 4.75.